The molecule has 0 saturated carbocycles. The molecule has 0 bridgehead atoms. The number of carbonyl (C=O) groups excluding carboxylic acids is 1. The second kappa shape index (κ2) is 9.63. The predicted octanol–water partition coefficient (Wildman–Crippen LogP) is 4.08. The number of halogens is 1. The third-order valence-electron chi connectivity index (χ3n) is 4.84. The topological polar surface area (TPSA) is 74.2 Å². The van der Waals surface area contributed by atoms with E-state index in [0.717, 1.165) is 34.5 Å². The second-order valence-corrected chi connectivity index (χ2v) is 9.36. The molecule has 1 aliphatic heterocycles. The van der Waals surface area contributed by atoms with Gasteiger partial charge in [-0.25, -0.2) is 4.98 Å². The number of anilines is 3. The van der Waals surface area contributed by atoms with Crippen LogP contribution in [0.15, 0.2) is 46.9 Å². The number of hydrogen-bond donors (Lipinski definition) is 1. The highest BCUT2D eigenvalue weighted by Crippen LogP contribution is 2.30. The highest BCUT2D eigenvalue weighted by Gasteiger charge is 2.22. The van der Waals surface area contributed by atoms with E-state index < -0.39 is 0 Å². The Bertz CT molecular complexity index is 1010. The summed E-state index contributed by atoms with van der Waals surface area (Å²) in [6.07, 6.45) is 1.79. The molecule has 4 rings (SSSR count). The van der Waals surface area contributed by atoms with Gasteiger partial charge in [-0.3, -0.25) is 4.79 Å². The van der Waals surface area contributed by atoms with Crippen LogP contribution in [0.4, 0.5) is 16.6 Å². The van der Waals surface area contributed by atoms with Gasteiger partial charge in [0, 0.05) is 43.1 Å². The van der Waals surface area contributed by atoms with Crippen molar-refractivity contribution in [3.8, 4) is 0 Å². The third kappa shape index (κ3) is 5.03. The van der Waals surface area contributed by atoms with Crippen LogP contribution in [0.3, 0.4) is 0 Å². The SMILES string of the molecule is Cc1c(Cl)cccc1Nc1nnc(SCC(=O)N2CCN(c3ccccn3)CC2)s1. The predicted molar refractivity (Wildman–Crippen MR) is 123 cm³/mol. The minimum atomic E-state index is 0.121. The van der Waals surface area contributed by atoms with E-state index in [0.29, 0.717) is 29.0 Å². The van der Waals surface area contributed by atoms with Crippen LogP contribution >= 0.6 is 34.7 Å². The van der Waals surface area contributed by atoms with Crippen LogP contribution in [-0.4, -0.2) is 57.9 Å². The molecule has 0 radical (unpaired) electrons. The Morgan fingerprint density at radius 2 is 2.00 bits per heavy atom. The van der Waals surface area contributed by atoms with Gasteiger partial charge < -0.3 is 15.1 Å². The molecule has 1 N–H and O–H groups in total. The number of benzene rings is 1. The van der Waals surface area contributed by atoms with Crippen LogP contribution in [0.5, 0.6) is 0 Å². The quantitative estimate of drug-likeness (QED) is 0.555. The van der Waals surface area contributed by atoms with Crippen molar-refractivity contribution in [3.63, 3.8) is 0 Å². The van der Waals surface area contributed by atoms with Gasteiger partial charge in [0.15, 0.2) is 4.34 Å². The van der Waals surface area contributed by atoms with Crippen LogP contribution in [0.2, 0.25) is 5.02 Å². The average Bonchev–Trinajstić information content (AvgIpc) is 3.23. The maximum absolute atomic E-state index is 12.6. The number of thioether (sulfide) groups is 1. The number of hydrogen-bond acceptors (Lipinski definition) is 8. The Morgan fingerprint density at radius 3 is 2.77 bits per heavy atom. The first-order valence-electron chi connectivity index (χ1n) is 9.52. The highest BCUT2D eigenvalue weighted by molar-refractivity contribution is 8.01. The van der Waals surface area contributed by atoms with Gasteiger partial charge in [-0.1, -0.05) is 46.8 Å². The van der Waals surface area contributed by atoms with Gasteiger partial charge in [0.1, 0.15) is 5.82 Å². The minimum absolute atomic E-state index is 0.121. The van der Waals surface area contributed by atoms with Gasteiger partial charge in [0.25, 0.3) is 0 Å². The van der Waals surface area contributed by atoms with E-state index in [1.807, 2.05) is 48.2 Å². The molecule has 156 valence electrons. The second-order valence-electron chi connectivity index (χ2n) is 6.75. The summed E-state index contributed by atoms with van der Waals surface area (Å²) in [6.45, 7) is 4.94. The fourth-order valence-corrected chi connectivity index (χ4v) is 4.96. The number of nitrogens with zero attached hydrogens (tertiary/aromatic N) is 5. The number of aromatic nitrogens is 3. The summed E-state index contributed by atoms with van der Waals surface area (Å²) < 4.78 is 0.762. The Morgan fingerprint density at radius 1 is 1.17 bits per heavy atom. The Hall–Kier alpha value is -2.36. The molecule has 3 heterocycles. The van der Waals surface area contributed by atoms with E-state index in [-0.39, 0.29) is 5.91 Å². The molecule has 2 aromatic heterocycles. The van der Waals surface area contributed by atoms with Crippen molar-refractivity contribution in [2.24, 2.45) is 0 Å². The Labute approximate surface area is 188 Å². The van der Waals surface area contributed by atoms with Crippen LogP contribution in [-0.2, 0) is 4.79 Å². The molecular formula is C20H21ClN6OS2. The molecule has 30 heavy (non-hydrogen) atoms. The molecule has 1 aliphatic rings. The molecule has 3 aromatic rings. The van der Waals surface area contributed by atoms with E-state index in [4.69, 9.17) is 11.6 Å². The largest absolute Gasteiger partial charge is 0.353 e. The zero-order valence-electron chi connectivity index (χ0n) is 16.4. The monoisotopic (exact) mass is 460 g/mol. The number of rotatable bonds is 6. The zero-order chi connectivity index (χ0) is 20.9. The third-order valence-corrected chi connectivity index (χ3v) is 7.21. The maximum atomic E-state index is 12.6. The molecule has 0 spiro atoms. The summed E-state index contributed by atoms with van der Waals surface area (Å²) in [4.78, 5) is 21.1. The first-order chi connectivity index (χ1) is 14.6. The van der Waals surface area contributed by atoms with Crippen molar-refractivity contribution in [1.29, 1.82) is 0 Å². The molecule has 1 fully saturated rings. The fraction of sp³-hybridized carbons (Fsp3) is 0.300. The van der Waals surface area contributed by atoms with Gasteiger partial charge in [0.2, 0.25) is 11.0 Å². The van der Waals surface area contributed by atoms with Crippen LogP contribution in [0, 0.1) is 6.92 Å². The Balaban J connectivity index is 1.26. The summed E-state index contributed by atoms with van der Waals surface area (Å²) >= 11 is 9.01. The molecule has 1 amide bonds. The number of nitrogens with one attached hydrogen (secondary N) is 1. The summed E-state index contributed by atoms with van der Waals surface area (Å²) in [5, 5.41) is 13.0. The van der Waals surface area contributed by atoms with Crippen molar-refractivity contribution in [2.45, 2.75) is 11.3 Å². The molecule has 10 heteroatoms. The van der Waals surface area contributed by atoms with Gasteiger partial charge in [-0.15, -0.1) is 10.2 Å². The summed E-state index contributed by atoms with van der Waals surface area (Å²) in [7, 11) is 0. The van der Waals surface area contributed by atoms with Crippen molar-refractivity contribution >= 4 is 57.2 Å². The van der Waals surface area contributed by atoms with Crippen LogP contribution in [0.25, 0.3) is 0 Å². The number of amides is 1. The zero-order valence-corrected chi connectivity index (χ0v) is 18.8. The molecule has 1 aromatic carbocycles. The lowest BCUT2D eigenvalue weighted by molar-refractivity contribution is -0.128. The van der Waals surface area contributed by atoms with Crippen molar-refractivity contribution in [3.05, 3.63) is 53.2 Å². The van der Waals surface area contributed by atoms with Gasteiger partial charge in [-0.2, -0.15) is 0 Å². The highest BCUT2D eigenvalue weighted by atomic mass is 35.5. The number of carbonyl (C=O) groups is 1. The lowest BCUT2D eigenvalue weighted by Gasteiger charge is -2.35. The van der Waals surface area contributed by atoms with Crippen LogP contribution < -0.4 is 10.2 Å². The normalized spacial score (nSPS) is 14.1. The van der Waals surface area contributed by atoms with Gasteiger partial charge >= 0.3 is 0 Å². The van der Waals surface area contributed by atoms with E-state index in [1.54, 1.807) is 6.20 Å². The number of pyridine rings is 1. The average molecular weight is 461 g/mol. The van der Waals surface area contributed by atoms with Crippen molar-refractivity contribution < 1.29 is 4.79 Å². The van der Waals surface area contributed by atoms with E-state index >= 15 is 0 Å². The first kappa shape index (κ1) is 20.9. The lowest BCUT2D eigenvalue weighted by Crippen LogP contribution is -2.49. The Kier molecular flexibility index (Phi) is 6.71. The first-order valence-corrected chi connectivity index (χ1v) is 11.7. The summed E-state index contributed by atoms with van der Waals surface area (Å²) in [5.41, 5.74) is 1.86. The summed E-state index contributed by atoms with van der Waals surface area (Å²) in [6, 6.07) is 11.6. The lowest BCUT2D eigenvalue weighted by atomic mass is 10.2. The molecule has 0 atom stereocenters. The molecule has 0 aliphatic carbocycles. The standard InChI is InChI=1S/C20H21ClN6OS2/c1-14-15(21)5-4-6-16(14)23-19-24-25-20(30-19)29-13-18(28)27-11-9-26(10-12-27)17-7-2-3-8-22-17/h2-8H,9-13H2,1H3,(H,23,24). The smallest absolute Gasteiger partial charge is 0.233 e. The fourth-order valence-electron chi connectivity index (χ4n) is 3.12. The van der Waals surface area contributed by atoms with E-state index in [1.165, 1.54) is 23.1 Å². The van der Waals surface area contributed by atoms with E-state index in [9.17, 15) is 4.79 Å². The maximum Gasteiger partial charge on any atom is 0.233 e. The van der Waals surface area contributed by atoms with E-state index in [2.05, 4.69) is 25.4 Å². The molecule has 0 unspecified atom stereocenters. The van der Waals surface area contributed by atoms with Gasteiger partial charge in [-0.05, 0) is 36.8 Å². The van der Waals surface area contributed by atoms with Crippen molar-refractivity contribution in [2.75, 3.05) is 42.1 Å². The minimum Gasteiger partial charge on any atom is -0.353 e. The molecular weight excluding hydrogens is 440 g/mol. The van der Waals surface area contributed by atoms with Crippen LogP contribution in [0.1, 0.15) is 5.56 Å². The summed E-state index contributed by atoms with van der Waals surface area (Å²) in [5.74, 6) is 1.44. The number of piperazine rings is 1. The molecule has 7 nitrogen and oxygen atoms in total. The molecule has 1 saturated heterocycles. The van der Waals surface area contributed by atoms with Gasteiger partial charge in [0.05, 0.1) is 5.75 Å². The van der Waals surface area contributed by atoms with Crippen molar-refractivity contribution in [1.82, 2.24) is 20.1 Å².